The van der Waals surface area contributed by atoms with Gasteiger partial charge in [-0.1, -0.05) is 6.42 Å². The average molecular weight is 356 g/mol. The van der Waals surface area contributed by atoms with Crippen molar-refractivity contribution in [3.8, 4) is 0 Å². The molecule has 1 aromatic heterocycles. The van der Waals surface area contributed by atoms with Crippen LogP contribution >= 0.6 is 12.2 Å². The van der Waals surface area contributed by atoms with Crippen molar-refractivity contribution in [1.82, 2.24) is 5.32 Å². The SMILES string of the molecule is Cc1cc(=O)oc2cc(NC(=S)N[C@@H](C)[C@@H]3C[C@H]4CC[C@H]3C4)ccc12. The van der Waals surface area contributed by atoms with Crippen LogP contribution in [0.25, 0.3) is 11.0 Å². The summed E-state index contributed by atoms with van der Waals surface area (Å²) in [6, 6.07) is 7.65. The number of rotatable bonds is 3. The minimum Gasteiger partial charge on any atom is -0.423 e. The van der Waals surface area contributed by atoms with Gasteiger partial charge in [0.15, 0.2) is 5.11 Å². The fourth-order valence-corrected chi connectivity index (χ4v) is 5.09. The van der Waals surface area contributed by atoms with Crippen LogP contribution in [0.3, 0.4) is 0 Å². The van der Waals surface area contributed by atoms with E-state index in [-0.39, 0.29) is 5.63 Å². The first-order valence-electron chi connectivity index (χ1n) is 9.11. The van der Waals surface area contributed by atoms with Crippen LogP contribution < -0.4 is 16.3 Å². The van der Waals surface area contributed by atoms with E-state index in [0.717, 1.165) is 34.4 Å². The first-order valence-corrected chi connectivity index (χ1v) is 9.52. The lowest BCUT2D eigenvalue weighted by Crippen LogP contribution is -2.42. The van der Waals surface area contributed by atoms with Crippen LogP contribution in [-0.2, 0) is 0 Å². The Morgan fingerprint density at radius 1 is 1.28 bits per heavy atom. The van der Waals surface area contributed by atoms with Gasteiger partial charge in [0.1, 0.15) is 5.58 Å². The maximum absolute atomic E-state index is 11.6. The van der Waals surface area contributed by atoms with E-state index >= 15 is 0 Å². The van der Waals surface area contributed by atoms with Crippen LogP contribution in [0, 0.1) is 24.7 Å². The molecule has 5 heteroatoms. The number of hydrogen-bond acceptors (Lipinski definition) is 3. The van der Waals surface area contributed by atoms with Gasteiger partial charge in [0.2, 0.25) is 0 Å². The standard InChI is InChI=1S/C20H24N2O2S/c1-11-7-19(23)24-18-10-15(5-6-16(11)18)22-20(25)21-12(2)17-9-13-3-4-14(17)8-13/h5-7,10,12-14,17H,3-4,8-9H2,1-2H3,(H2,21,22,25)/t12-,13-,14-,17-/m0/s1. The van der Waals surface area contributed by atoms with Crippen molar-refractivity contribution in [2.75, 3.05) is 5.32 Å². The summed E-state index contributed by atoms with van der Waals surface area (Å²) in [5.41, 5.74) is 2.01. The largest absolute Gasteiger partial charge is 0.423 e. The van der Waals surface area contributed by atoms with Gasteiger partial charge in [-0.3, -0.25) is 0 Å². The van der Waals surface area contributed by atoms with Crippen molar-refractivity contribution in [3.05, 3.63) is 40.2 Å². The van der Waals surface area contributed by atoms with E-state index in [1.165, 1.54) is 31.7 Å². The van der Waals surface area contributed by atoms with E-state index in [1.54, 1.807) is 0 Å². The summed E-state index contributed by atoms with van der Waals surface area (Å²) in [6.07, 6.45) is 5.53. The molecule has 2 bridgehead atoms. The molecule has 0 saturated heterocycles. The fraction of sp³-hybridized carbons (Fsp3) is 0.500. The number of benzene rings is 1. The highest BCUT2D eigenvalue weighted by Gasteiger charge is 2.41. The quantitative estimate of drug-likeness (QED) is 0.637. The third kappa shape index (κ3) is 3.30. The molecule has 2 fully saturated rings. The van der Waals surface area contributed by atoms with Gasteiger partial charge in [-0.2, -0.15) is 0 Å². The van der Waals surface area contributed by atoms with E-state index in [9.17, 15) is 4.79 Å². The maximum atomic E-state index is 11.6. The molecule has 1 heterocycles. The molecule has 25 heavy (non-hydrogen) atoms. The van der Waals surface area contributed by atoms with Gasteiger partial charge in [0, 0.05) is 29.2 Å². The molecular weight excluding hydrogens is 332 g/mol. The summed E-state index contributed by atoms with van der Waals surface area (Å²) < 4.78 is 5.30. The van der Waals surface area contributed by atoms with Crippen molar-refractivity contribution in [2.45, 2.75) is 45.6 Å². The number of anilines is 1. The minimum atomic E-state index is -0.326. The highest BCUT2D eigenvalue weighted by molar-refractivity contribution is 7.80. The van der Waals surface area contributed by atoms with Crippen molar-refractivity contribution in [1.29, 1.82) is 0 Å². The van der Waals surface area contributed by atoms with Crippen LogP contribution in [-0.4, -0.2) is 11.2 Å². The molecule has 1 aromatic carbocycles. The third-order valence-corrected chi connectivity index (χ3v) is 6.22. The van der Waals surface area contributed by atoms with Gasteiger partial charge >= 0.3 is 5.63 Å². The summed E-state index contributed by atoms with van der Waals surface area (Å²) in [5, 5.41) is 8.26. The Labute approximate surface area is 153 Å². The number of fused-ring (bicyclic) bond motifs is 3. The average Bonchev–Trinajstić information content (AvgIpc) is 3.17. The lowest BCUT2D eigenvalue weighted by Gasteiger charge is -2.29. The zero-order chi connectivity index (χ0) is 17.6. The molecule has 132 valence electrons. The summed E-state index contributed by atoms with van der Waals surface area (Å²) in [6.45, 7) is 4.15. The maximum Gasteiger partial charge on any atom is 0.336 e. The molecule has 4 rings (SSSR count). The van der Waals surface area contributed by atoms with E-state index in [0.29, 0.717) is 16.7 Å². The number of hydrogen-bond donors (Lipinski definition) is 2. The van der Waals surface area contributed by atoms with Crippen LogP contribution in [0.4, 0.5) is 5.69 Å². The Morgan fingerprint density at radius 2 is 2.12 bits per heavy atom. The van der Waals surface area contributed by atoms with Gasteiger partial charge in [0.25, 0.3) is 0 Å². The van der Waals surface area contributed by atoms with Gasteiger partial charge in [-0.25, -0.2) is 4.79 Å². The Kier molecular flexibility index (Phi) is 4.28. The van der Waals surface area contributed by atoms with Gasteiger partial charge in [0.05, 0.1) is 0 Å². The Morgan fingerprint density at radius 3 is 2.84 bits per heavy atom. The molecule has 0 aliphatic heterocycles. The van der Waals surface area contributed by atoms with Crippen molar-refractivity contribution in [3.63, 3.8) is 0 Å². The van der Waals surface area contributed by atoms with E-state index in [1.807, 2.05) is 25.1 Å². The first kappa shape index (κ1) is 16.6. The molecule has 2 aliphatic carbocycles. The normalized spacial score (nSPS) is 25.9. The molecule has 2 N–H and O–H groups in total. The molecule has 0 radical (unpaired) electrons. The second kappa shape index (κ2) is 6.45. The van der Waals surface area contributed by atoms with Gasteiger partial charge in [-0.15, -0.1) is 0 Å². The zero-order valence-electron chi connectivity index (χ0n) is 14.7. The van der Waals surface area contributed by atoms with Crippen LogP contribution in [0.2, 0.25) is 0 Å². The second-order valence-corrected chi connectivity index (χ2v) is 8.09. The van der Waals surface area contributed by atoms with Gasteiger partial charge < -0.3 is 15.1 Å². The lowest BCUT2D eigenvalue weighted by molar-refractivity contribution is 0.279. The van der Waals surface area contributed by atoms with Crippen molar-refractivity contribution >= 4 is 34.0 Å². The topological polar surface area (TPSA) is 54.3 Å². The highest BCUT2D eigenvalue weighted by Crippen LogP contribution is 2.49. The zero-order valence-corrected chi connectivity index (χ0v) is 15.5. The fourth-order valence-electron chi connectivity index (χ4n) is 4.79. The Hall–Kier alpha value is -1.88. The summed E-state index contributed by atoms with van der Waals surface area (Å²) in [4.78, 5) is 11.6. The predicted octanol–water partition coefficient (Wildman–Crippen LogP) is 4.21. The minimum absolute atomic E-state index is 0.326. The highest BCUT2D eigenvalue weighted by atomic mass is 32.1. The van der Waals surface area contributed by atoms with E-state index in [2.05, 4.69) is 17.6 Å². The monoisotopic (exact) mass is 356 g/mol. The van der Waals surface area contributed by atoms with Crippen molar-refractivity contribution < 1.29 is 4.42 Å². The molecule has 0 amide bonds. The number of thiocarbonyl (C=S) groups is 1. The molecular formula is C20H24N2O2S. The van der Waals surface area contributed by atoms with Crippen LogP contribution in [0.1, 0.15) is 38.2 Å². The smallest absolute Gasteiger partial charge is 0.336 e. The van der Waals surface area contributed by atoms with Crippen LogP contribution in [0.15, 0.2) is 33.5 Å². The first-order chi connectivity index (χ1) is 12.0. The van der Waals surface area contributed by atoms with E-state index < -0.39 is 0 Å². The Bertz CT molecular complexity index is 876. The molecule has 4 nitrogen and oxygen atoms in total. The van der Waals surface area contributed by atoms with Gasteiger partial charge in [-0.05, 0) is 80.8 Å². The summed E-state index contributed by atoms with van der Waals surface area (Å²) in [5.74, 6) is 2.54. The second-order valence-electron chi connectivity index (χ2n) is 7.69. The molecule has 0 unspecified atom stereocenters. The molecule has 2 saturated carbocycles. The number of nitrogens with one attached hydrogen (secondary N) is 2. The molecule has 4 atom stereocenters. The molecule has 0 spiro atoms. The Balaban J connectivity index is 1.44. The lowest BCUT2D eigenvalue weighted by atomic mass is 9.84. The number of aryl methyl sites for hydroxylation is 1. The van der Waals surface area contributed by atoms with Crippen LogP contribution in [0.5, 0.6) is 0 Å². The summed E-state index contributed by atoms with van der Waals surface area (Å²) in [7, 11) is 0. The summed E-state index contributed by atoms with van der Waals surface area (Å²) >= 11 is 5.49. The predicted molar refractivity (Wildman–Crippen MR) is 105 cm³/mol. The molecule has 2 aliphatic rings. The molecule has 2 aromatic rings. The van der Waals surface area contributed by atoms with Crippen molar-refractivity contribution in [2.24, 2.45) is 17.8 Å². The van der Waals surface area contributed by atoms with E-state index in [4.69, 9.17) is 16.6 Å². The third-order valence-electron chi connectivity index (χ3n) is 6.00.